The summed E-state index contributed by atoms with van der Waals surface area (Å²) >= 11 is 0. The Labute approximate surface area is 286 Å². The predicted molar refractivity (Wildman–Crippen MR) is 203 cm³/mol. The van der Waals surface area contributed by atoms with E-state index in [1.807, 2.05) is 18.4 Å². The molecule has 0 saturated carbocycles. The molecular weight excluding hydrogens is 583 g/mol. The molecule has 0 bridgehead atoms. The van der Waals surface area contributed by atoms with Crippen molar-refractivity contribution in [2.45, 2.75) is 75.7 Å². The minimum Gasteiger partial charge on any atom is -0.489 e. The first-order valence-electron chi connectivity index (χ1n) is 17.6. The molecule has 240 valence electrons. The Hall–Kier alpha value is -4.82. The molecule has 0 amide bonds. The van der Waals surface area contributed by atoms with Gasteiger partial charge in [0.05, 0.1) is 0 Å². The highest BCUT2D eigenvalue weighted by Gasteiger charge is 2.40. The van der Waals surface area contributed by atoms with E-state index in [1.54, 1.807) is 5.57 Å². The maximum atomic E-state index is 6.15. The largest absolute Gasteiger partial charge is 0.489 e. The minimum atomic E-state index is 0.0716. The number of ether oxygens (including phenoxy) is 1. The average molecular weight is 628 g/mol. The van der Waals surface area contributed by atoms with Gasteiger partial charge in [0.25, 0.3) is 0 Å². The van der Waals surface area contributed by atoms with Crippen molar-refractivity contribution in [3.63, 3.8) is 0 Å². The number of anilines is 1. The molecule has 0 saturated heterocycles. The second kappa shape index (κ2) is 12.0. The smallest absolute Gasteiger partial charge is 0.123 e. The normalized spacial score (nSPS) is 26.4. The minimum absolute atomic E-state index is 0.0716. The lowest BCUT2D eigenvalue weighted by Gasteiger charge is -2.29. The molecule has 48 heavy (non-hydrogen) atoms. The Morgan fingerprint density at radius 2 is 1.69 bits per heavy atom. The maximum Gasteiger partial charge on any atom is 0.123 e. The lowest BCUT2D eigenvalue weighted by Crippen LogP contribution is -2.20. The number of hydrogen-bond donors (Lipinski definition) is 1. The molecule has 0 aromatic heterocycles. The maximum absolute atomic E-state index is 6.15. The van der Waals surface area contributed by atoms with Gasteiger partial charge in [-0.2, -0.15) is 0 Å². The van der Waals surface area contributed by atoms with Gasteiger partial charge in [-0.05, 0) is 95.3 Å². The SMILES string of the molecule is C=C1/C=C\C=C/Nc2ccc3c(c21)C(C)(C)C1=C3C=CCC1.CC1(c2ccc(-c3ccc4c(c3)C3C=CCCC3O4)cc2)C=CC=CC1. The number of rotatable bonds is 2. The summed E-state index contributed by atoms with van der Waals surface area (Å²) in [6.45, 7) is 11.4. The summed E-state index contributed by atoms with van der Waals surface area (Å²) in [5.74, 6) is 1.50. The molecule has 9 rings (SSSR count). The van der Waals surface area contributed by atoms with E-state index in [0.29, 0.717) is 12.0 Å². The topological polar surface area (TPSA) is 21.3 Å². The van der Waals surface area contributed by atoms with Crippen LogP contribution in [0, 0.1) is 0 Å². The number of fused-ring (bicyclic) bond motifs is 7. The Kier molecular flexibility index (Phi) is 7.63. The molecule has 2 nitrogen and oxygen atoms in total. The Bertz CT molecular complexity index is 2010. The number of benzene rings is 3. The van der Waals surface area contributed by atoms with Crippen LogP contribution in [0.2, 0.25) is 0 Å². The third kappa shape index (κ3) is 5.19. The predicted octanol–water partition coefficient (Wildman–Crippen LogP) is 11.9. The number of nitrogens with one attached hydrogen (secondary N) is 1. The van der Waals surface area contributed by atoms with Crippen LogP contribution in [0.1, 0.15) is 86.6 Å². The first-order chi connectivity index (χ1) is 23.3. The van der Waals surface area contributed by atoms with Gasteiger partial charge in [-0.3, -0.25) is 0 Å². The zero-order valence-corrected chi connectivity index (χ0v) is 28.4. The summed E-state index contributed by atoms with van der Waals surface area (Å²) in [6, 6.07) is 20.2. The monoisotopic (exact) mass is 627 g/mol. The second-order valence-electron chi connectivity index (χ2n) is 14.7. The van der Waals surface area contributed by atoms with Crippen molar-refractivity contribution in [1.82, 2.24) is 0 Å². The first kappa shape index (κ1) is 30.5. The van der Waals surface area contributed by atoms with Crippen molar-refractivity contribution in [1.29, 1.82) is 0 Å². The quantitative estimate of drug-likeness (QED) is 0.285. The fraction of sp³-hybridized carbons (Fsp3) is 0.261. The molecule has 3 aromatic rings. The van der Waals surface area contributed by atoms with Crippen LogP contribution in [0.5, 0.6) is 5.75 Å². The second-order valence-corrected chi connectivity index (χ2v) is 14.7. The van der Waals surface area contributed by atoms with Gasteiger partial charge in [0.15, 0.2) is 0 Å². The fourth-order valence-electron chi connectivity index (χ4n) is 8.58. The Morgan fingerprint density at radius 1 is 0.833 bits per heavy atom. The zero-order chi connectivity index (χ0) is 32.9. The van der Waals surface area contributed by atoms with E-state index < -0.39 is 0 Å². The highest BCUT2D eigenvalue weighted by molar-refractivity contribution is 5.95. The third-order valence-electron chi connectivity index (χ3n) is 11.3. The first-order valence-corrected chi connectivity index (χ1v) is 17.6. The molecule has 1 N–H and O–H groups in total. The van der Waals surface area contributed by atoms with Gasteiger partial charge in [0.1, 0.15) is 11.9 Å². The van der Waals surface area contributed by atoms with Gasteiger partial charge < -0.3 is 10.1 Å². The summed E-state index contributed by atoms with van der Waals surface area (Å²) in [5, 5.41) is 3.42. The molecule has 0 fully saturated rings. The standard InChI is InChI=1S/C25H24O.C21H21N/c1-25(15-5-2-6-16-25)20-12-9-18(10-13-20)19-11-14-24-22(17-19)21-7-3-4-8-23(21)26-24;1-14-8-6-7-13-22-18-12-11-16-15-9-4-5-10-17(15)21(2,3)20(16)19(14)18/h2-3,5-7,9-15,17,21,23H,4,8,16H2,1H3;4,6-9,11-13,22H,1,5,10H2,2-3H3/b;8-6-,13-7-. The van der Waals surface area contributed by atoms with Crippen LogP contribution >= 0.6 is 0 Å². The lowest BCUT2D eigenvalue weighted by molar-refractivity contribution is 0.204. The summed E-state index contributed by atoms with van der Waals surface area (Å²) < 4.78 is 6.15. The molecule has 0 spiro atoms. The van der Waals surface area contributed by atoms with E-state index in [2.05, 4.69) is 142 Å². The average Bonchev–Trinajstić information content (AvgIpc) is 3.59. The van der Waals surface area contributed by atoms with Crippen LogP contribution in [-0.4, -0.2) is 6.10 Å². The Morgan fingerprint density at radius 3 is 2.52 bits per heavy atom. The highest BCUT2D eigenvalue weighted by Crippen LogP contribution is 2.53. The van der Waals surface area contributed by atoms with Crippen molar-refractivity contribution in [3.8, 4) is 16.9 Å². The molecule has 6 aliphatic rings. The van der Waals surface area contributed by atoms with Crippen molar-refractivity contribution in [3.05, 3.63) is 168 Å². The summed E-state index contributed by atoms with van der Waals surface area (Å²) in [4.78, 5) is 0. The molecule has 3 aromatic carbocycles. The van der Waals surface area contributed by atoms with Crippen molar-refractivity contribution >= 4 is 16.8 Å². The molecular formula is C46H45NO. The van der Waals surface area contributed by atoms with E-state index in [-0.39, 0.29) is 10.8 Å². The van der Waals surface area contributed by atoms with Gasteiger partial charge >= 0.3 is 0 Å². The van der Waals surface area contributed by atoms with Crippen LogP contribution < -0.4 is 10.1 Å². The number of hydrogen-bond acceptors (Lipinski definition) is 2. The molecule has 3 atom stereocenters. The fourth-order valence-corrected chi connectivity index (χ4v) is 8.58. The molecule has 2 aliphatic heterocycles. The third-order valence-corrected chi connectivity index (χ3v) is 11.3. The van der Waals surface area contributed by atoms with E-state index in [0.717, 1.165) is 49.1 Å². The van der Waals surface area contributed by atoms with Gasteiger partial charge in [-0.25, -0.2) is 0 Å². The Balaban J connectivity index is 0.000000142. The molecule has 3 unspecified atom stereocenters. The van der Waals surface area contributed by atoms with E-state index in [9.17, 15) is 0 Å². The van der Waals surface area contributed by atoms with Crippen LogP contribution in [0.4, 0.5) is 5.69 Å². The van der Waals surface area contributed by atoms with Crippen LogP contribution in [0.15, 0.2) is 140 Å². The van der Waals surface area contributed by atoms with Gasteiger partial charge in [0, 0.05) is 39.8 Å². The summed E-state index contributed by atoms with van der Waals surface area (Å²) in [7, 11) is 0. The van der Waals surface area contributed by atoms with Gasteiger partial charge in [-0.1, -0.05) is 130 Å². The number of allylic oxidation sites excluding steroid dienone is 13. The van der Waals surface area contributed by atoms with Crippen LogP contribution in [0.25, 0.3) is 22.3 Å². The summed E-state index contributed by atoms with van der Waals surface area (Å²) in [5.41, 5.74) is 14.8. The summed E-state index contributed by atoms with van der Waals surface area (Å²) in [6.07, 6.45) is 32.2. The highest BCUT2D eigenvalue weighted by atomic mass is 16.5. The van der Waals surface area contributed by atoms with E-state index >= 15 is 0 Å². The van der Waals surface area contributed by atoms with Crippen molar-refractivity contribution < 1.29 is 4.74 Å². The zero-order valence-electron chi connectivity index (χ0n) is 28.4. The van der Waals surface area contributed by atoms with E-state index in [4.69, 9.17) is 4.74 Å². The molecule has 2 heteroatoms. The lowest BCUT2D eigenvalue weighted by atomic mass is 9.75. The molecule has 4 aliphatic carbocycles. The van der Waals surface area contributed by atoms with E-state index in [1.165, 1.54) is 44.5 Å². The van der Waals surface area contributed by atoms with Gasteiger partial charge in [-0.15, -0.1) is 0 Å². The van der Waals surface area contributed by atoms with Crippen molar-refractivity contribution in [2.24, 2.45) is 0 Å². The van der Waals surface area contributed by atoms with Gasteiger partial charge in [0.2, 0.25) is 0 Å². The van der Waals surface area contributed by atoms with Crippen LogP contribution in [-0.2, 0) is 10.8 Å². The van der Waals surface area contributed by atoms with Crippen molar-refractivity contribution in [2.75, 3.05) is 5.32 Å². The van der Waals surface area contributed by atoms with Crippen LogP contribution in [0.3, 0.4) is 0 Å². The molecule has 2 heterocycles. The molecule has 0 radical (unpaired) electrons.